The molecule has 1 amide bonds. The van der Waals surface area contributed by atoms with Crippen molar-refractivity contribution in [2.75, 3.05) is 5.32 Å². The van der Waals surface area contributed by atoms with E-state index in [0.717, 1.165) is 28.2 Å². The van der Waals surface area contributed by atoms with Crippen LogP contribution in [0.15, 0.2) is 84.9 Å². The smallest absolute Gasteiger partial charge is 0.276 e. The summed E-state index contributed by atoms with van der Waals surface area (Å²) in [6.45, 7) is 4.07. The standard InChI is InChI=1S/C24H21N3O/c1-17-8-12-19(13-9-17)23-16-22(26-27(23)21-6-4-3-5-7-21)24(28)25-20-14-10-18(2)11-15-20/h3-16H,1-2H3,(H,25,28). The van der Waals surface area contributed by atoms with Gasteiger partial charge < -0.3 is 5.32 Å². The summed E-state index contributed by atoms with van der Waals surface area (Å²) in [4.78, 5) is 12.8. The first-order chi connectivity index (χ1) is 13.6. The molecule has 0 aliphatic rings. The highest BCUT2D eigenvalue weighted by Crippen LogP contribution is 2.25. The lowest BCUT2D eigenvalue weighted by molar-refractivity contribution is 0.102. The van der Waals surface area contributed by atoms with Gasteiger partial charge in [-0.25, -0.2) is 4.68 Å². The van der Waals surface area contributed by atoms with Crippen LogP contribution in [0.1, 0.15) is 21.6 Å². The zero-order valence-electron chi connectivity index (χ0n) is 15.9. The van der Waals surface area contributed by atoms with E-state index in [1.807, 2.05) is 84.4 Å². The molecule has 0 aliphatic carbocycles. The lowest BCUT2D eigenvalue weighted by atomic mass is 10.1. The maximum atomic E-state index is 12.8. The number of carbonyl (C=O) groups is 1. The fraction of sp³-hybridized carbons (Fsp3) is 0.0833. The van der Waals surface area contributed by atoms with Crippen molar-refractivity contribution in [3.8, 4) is 16.9 Å². The van der Waals surface area contributed by atoms with Crippen LogP contribution in [0.5, 0.6) is 0 Å². The highest BCUT2D eigenvalue weighted by Gasteiger charge is 2.17. The SMILES string of the molecule is Cc1ccc(NC(=O)c2cc(-c3ccc(C)cc3)n(-c3ccccc3)n2)cc1. The summed E-state index contributed by atoms with van der Waals surface area (Å²) < 4.78 is 1.81. The first kappa shape index (κ1) is 17.7. The number of aryl methyl sites for hydroxylation is 2. The van der Waals surface area contributed by atoms with Gasteiger partial charge in [0, 0.05) is 11.3 Å². The van der Waals surface area contributed by atoms with Crippen LogP contribution in [0.2, 0.25) is 0 Å². The van der Waals surface area contributed by atoms with Crippen LogP contribution >= 0.6 is 0 Å². The first-order valence-electron chi connectivity index (χ1n) is 9.21. The van der Waals surface area contributed by atoms with Gasteiger partial charge >= 0.3 is 0 Å². The Morgan fingerprint density at radius 1 is 0.821 bits per heavy atom. The Labute approximate surface area is 164 Å². The highest BCUT2D eigenvalue weighted by atomic mass is 16.1. The summed E-state index contributed by atoms with van der Waals surface area (Å²) in [6.07, 6.45) is 0. The van der Waals surface area contributed by atoms with Crippen molar-refractivity contribution in [2.45, 2.75) is 13.8 Å². The van der Waals surface area contributed by atoms with Gasteiger partial charge in [-0.05, 0) is 44.2 Å². The lowest BCUT2D eigenvalue weighted by Gasteiger charge is -2.07. The minimum Gasteiger partial charge on any atom is -0.321 e. The van der Waals surface area contributed by atoms with Gasteiger partial charge in [-0.3, -0.25) is 4.79 Å². The summed E-state index contributed by atoms with van der Waals surface area (Å²) in [5.74, 6) is -0.230. The fourth-order valence-corrected chi connectivity index (χ4v) is 3.02. The van der Waals surface area contributed by atoms with Crippen molar-refractivity contribution >= 4 is 11.6 Å². The Kier molecular flexibility index (Phi) is 4.77. The molecule has 0 bridgehead atoms. The quantitative estimate of drug-likeness (QED) is 0.524. The monoisotopic (exact) mass is 367 g/mol. The summed E-state index contributed by atoms with van der Waals surface area (Å²) >= 11 is 0. The predicted octanol–water partition coefficient (Wildman–Crippen LogP) is 5.41. The number of nitrogens with zero attached hydrogens (tertiary/aromatic N) is 2. The number of anilines is 1. The van der Waals surface area contributed by atoms with Crippen LogP contribution in [-0.2, 0) is 0 Å². The number of nitrogens with one attached hydrogen (secondary N) is 1. The number of carbonyl (C=O) groups excluding carboxylic acids is 1. The second-order valence-electron chi connectivity index (χ2n) is 6.85. The van der Waals surface area contributed by atoms with E-state index in [1.165, 1.54) is 5.56 Å². The third-order valence-electron chi connectivity index (χ3n) is 4.60. The molecule has 4 nitrogen and oxygen atoms in total. The van der Waals surface area contributed by atoms with E-state index in [-0.39, 0.29) is 5.91 Å². The molecule has 4 heteroatoms. The average Bonchev–Trinajstić information content (AvgIpc) is 3.16. The van der Waals surface area contributed by atoms with Crippen LogP contribution in [-0.4, -0.2) is 15.7 Å². The average molecular weight is 367 g/mol. The van der Waals surface area contributed by atoms with Gasteiger partial charge in [0.05, 0.1) is 11.4 Å². The molecule has 28 heavy (non-hydrogen) atoms. The van der Waals surface area contributed by atoms with Gasteiger partial charge in [0.15, 0.2) is 5.69 Å². The number of hydrogen-bond acceptors (Lipinski definition) is 2. The molecule has 0 atom stereocenters. The summed E-state index contributed by atoms with van der Waals surface area (Å²) in [7, 11) is 0. The molecule has 4 aromatic rings. The molecule has 1 aromatic heterocycles. The van der Waals surface area contributed by atoms with Gasteiger partial charge in [0.25, 0.3) is 5.91 Å². The van der Waals surface area contributed by atoms with Crippen LogP contribution in [0.25, 0.3) is 16.9 Å². The Morgan fingerprint density at radius 2 is 1.43 bits per heavy atom. The van der Waals surface area contributed by atoms with E-state index in [1.54, 1.807) is 0 Å². The van der Waals surface area contributed by atoms with Gasteiger partial charge in [-0.2, -0.15) is 5.10 Å². The number of para-hydroxylation sites is 1. The lowest BCUT2D eigenvalue weighted by Crippen LogP contribution is -2.13. The minimum atomic E-state index is -0.230. The normalized spacial score (nSPS) is 10.6. The Bertz CT molecular complexity index is 1100. The first-order valence-corrected chi connectivity index (χ1v) is 9.21. The third-order valence-corrected chi connectivity index (χ3v) is 4.60. The van der Waals surface area contributed by atoms with Gasteiger partial charge in [-0.15, -0.1) is 0 Å². The second kappa shape index (κ2) is 7.53. The van der Waals surface area contributed by atoms with Crippen LogP contribution < -0.4 is 5.32 Å². The van der Waals surface area contributed by atoms with Crippen LogP contribution in [0, 0.1) is 13.8 Å². The van der Waals surface area contributed by atoms with Crippen molar-refractivity contribution in [3.63, 3.8) is 0 Å². The topological polar surface area (TPSA) is 46.9 Å². The van der Waals surface area contributed by atoms with E-state index >= 15 is 0 Å². The largest absolute Gasteiger partial charge is 0.321 e. The van der Waals surface area contributed by atoms with E-state index in [4.69, 9.17) is 0 Å². The highest BCUT2D eigenvalue weighted by molar-refractivity contribution is 6.03. The number of hydrogen-bond donors (Lipinski definition) is 1. The molecule has 138 valence electrons. The number of amides is 1. The maximum Gasteiger partial charge on any atom is 0.276 e. The molecule has 1 N–H and O–H groups in total. The minimum absolute atomic E-state index is 0.230. The zero-order valence-corrected chi connectivity index (χ0v) is 15.9. The third kappa shape index (κ3) is 3.71. The molecule has 3 aromatic carbocycles. The van der Waals surface area contributed by atoms with E-state index in [2.05, 4.69) is 29.5 Å². The van der Waals surface area contributed by atoms with Crippen molar-refractivity contribution in [1.29, 1.82) is 0 Å². The van der Waals surface area contributed by atoms with Crippen molar-refractivity contribution < 1.29 is 4.79 Å². The molecule has 0 radical (unpaired) electrons. The number of rotatable bonds is 4. The molecule has 0 saturated heterocycles. The predicted molar refractivity (Wildman–Crippen MR) is 113 cm³/mol. The van der Waals surface area contributed by atoms with E-state index in [0.29, 0.717) is 5.69 Å². The van der Waals surface area contributed by atoms with Crippen molar-refractivity contribution in [2.24, 2.45) is 0 Å². The Morgan fingerprint density at radius 3 is 2.07 bits per heavy atom. The van der Waals surface area contributed by atoms with Gasteiger partial charge in [-0.1, -0.05) is 65.7 Å². The molecule has 0 aliphatic heterocycles. The Hall–Kier alpha value is -3.66. The zero-order chi connectivity index (χ0) is 19.5. The van der Waals surface area contributed by atoms with Crippen LogP contribution in [0.4, 0.5) is 5.69 Å². The molecular weight excluding hydrogens is 346 g/mol. The van der Waals surface area contributed by atoms with Crippen molar-refractivity contribution in [1.82, 2.24) is 9.78 Å². The van der Waals surface area contributed by atoms with Crippen molar-refractivity contribution in [3.05, 3.63) is 102 Å². The summed E-state index contributed by atoms with van der Waals surface area (Å²) in [5.41, 5.74) is 6.26. The van der Waals surface area contributed by atoms with E-state index in [9.17, 15) is 4.79 Å². The molecule has 0 saturated carbocycles. The number of benzene rings is 3. The number of aromatic nitrogens is 2. The van der Waals surface area contributed by atoms with Crippen LogP contribution in [0.3, 0.4) is 0 Å². The Balaban J connectivity index is 1.73. The van der Waals surface area contributed by atoms with Gasteiger partial charge in [0.2, 0.25) is 0 Å². The fourth-order valence-electron chi connectivity index (χ4n) is 3.02. The van der Waals surface area contributed by atoms with E-state index < -0.39 is 0 Å². The molecule has 0 spiro atoms. The molecule has 0 unspecified atom stereocenters. The van der Waals surface area contributed by atoms with Gasteiger partial charge in [0.1, 0.15) is 0 Å². The summed E-state index contributed by atoms with van der Waals surface area (Å²) in [5, 5.41) is 7.52. The second-order valence-corrected chi connectivity index (χ2v) is 6.85. The molecular formula is C24H21N3O. The molecule has 4 rings (SSSR count). The molecule has 1 heterocycles. The summed E-state index contributed by atoms with van der Waals surface area (Å²) in [6, 6.07) is 27.6. The maximum absolute atomic E-state index is 12.8. The molecule has 0 fully saturated rings.